The Bertz CT molecular complexity index is 987. The van der Waals surface area contributed by atoms with E-state index in [4.69, 9.17) is 0 Å². The maximum Gasteiger partial charge on any atom is 0.258 e. The minimum absolute atomic E-state index is 0.124. The zero-order chi connectivity index (χ0) is 20.0. The van der Waals surface area contributed by atoms with Crippen molar-refractivity contribution in [2.45, 2.75) is 57.9 Å². The van der Waals surface area contributed by atoms with Crippen LogP contribution in [-0.2, 0) is 11.3 Å². The van der Waals surface area contributed by atoms with Gasteiger partial charge in [-0.2, -0.15) is 0 Å². The van der Waals surface area contributed by atoms with E-state index in [-0.39, 0.29) is 17.4 Å². The number of hydrogen-bond acceptors (Lipinski definition) is 2. The number of pyridine rings is 1. The zero-order valence-electron chi connectivity index (χ0n) is 17.3. The van der Waals surface area contributed by atoms with E-state index in [1.54, 1.807) is 0 Å². The van der Waals surface area contributed by atoms with Gasteiger partial charge < -0.3 is 9.47 Å². The molecule has 1 saturated carbocycles. The number of aryl methyl sites for hydroxylation is 1. The number of hydrogen-bond donors (Lipinski definition) is 0. The molecule has 4 heteroatoms. The maximum atomic E-state index is 13.3. The molecule has 0 radical (unpaired) electrons. The third kappa shape index (κ3) is 3.33. The number of fused-ring (bicyclic) bond motifs is 4. The van der Waals surface area contributed by atoms with Crippen LogP contribution in [0.2, 0.25) is 0 Å². The van der Waals surface area contributed by atoms with Gasteiger partial charge in [0, 0.05) is 42.7 Å². The highest BCUT2D eigenvalue weighted by molar-refractivity contribution is 5.79. The van der Waals surface area contributed by atoms with Gasteiger partial charge >= 0.3 is 0 Å². The van der Waals surface area contributed by atoms with E-state index in [2.05, 4.69) is 24.0 Å². The molecular formula is C25H30N2O2. The summed E-state index contributed by atoms with van der Waals surface area (Å²) < 4.78 is 2.00. The van der Waals surface area contributed by atoms with Crippen molar-refractivity contribution in [3.05, 3.63) is 58.0 Å². The second-order valence-electron chi connectivity index (χ2n) is 9.28. The number of benzene rings is 1. The Morgan fingerprint density at radius 2 is 1.72 bits per heavy atom. The lowest BCUT2D eigenvalue weighted by Gasteiger charge is -2.44. The molecule has 2 bridgehead atoms. The van der Waals surface area contributed by atoms with E-state index in [1.165, 1.54) is 19.3 Å². The lowest BCUT2D eigenvalue weighted by Crippen LogP contribution is -2.50. The molecule has 0 spiro atoms. The van der Waals surface area contributed by atoms with Crippen molar-refractivity contribution in [2.75, 3.05) is 13.1 Å². The number of nitrogens with zero attached hydrogens (tertiary/aromatic N) is 2. The third-order valence-electron chi connectivity index (χ3n) is 7.31. The topological polar surface area (TPSA) is 42.3 Å². The molecule has 1 saturated heterocycles. The van der Waals surface area contributed by atoms with Crippen molar-refractivity contribution in [3.8, 4) is 11.1 Å². The molecule has 1 aromatic carbocycles. The van der Waals surface area contributed by atoms with E-state index >= 15 is 0 Å². The van der Waals surface area contributed by atoms with E-state index < -0.39 is 0 Å². The third-order valence-corrected chi connectivity index (χ3v) is 7.31. The van der Waals surface area contributed by atoms with Crippen LogP contribution in [-0.4, -0.2) is 28.5 Å². The zero-order valence-corrected chi connectivity index (χ0v) is 17.3. The molecule has 3 heterocycles. The summed E-state index contributed by atoms with van der Waals surface area (Å²) in [4.78, 5) is 28.6. The number of carbonyl (C=O) groups is 1. The first-order chi connectivity index (χ1) is 14.1. The van der Waals surface area contributed by atoms with Crippen LogP contribution in [0.3, 0.4) is 0 Å². The highest BCUT2D eigenvalue weighted by Gasteiger charge is 2.38. The highest BCUT2D eigenvalue weighted by Crippen LogP contribution is 2.37. The lowest BCUT2D eigenvalue weighted by molar-refractivity contribution is -0.139. The first-order valence-corrected chi connectivity index (χ1v) is 11.2. The Labute approximate surface area is 172 Å². The van der Waals surface area contributed by atoms with E-state index in [9.17, 15) is 9.59 Å². The summed E-state index contributed by atoms with van der Waals surface area (Å²) in [5.74, 6) is 1.27. The van der Waals surface area contributed by atoms with E-state index in [1.807, 2.05) is 28.8 Å². The van der Waals surface area contributed by atoms with Gasteiger partial charge in [0.25, 0.3) is 5.56 Å². The average molecular weight is 391 g/mol. The molecule has 2 atom stereocenters. The van der Waals surface area contributed by atoms with Gasteiger partial charge in [-0.05, 0) is 55.4 Å². The lowest BCUT2D eigenvalue weighted by atomic mass is 9.81. The van der Waals surface area contributed by atoms with Gasteiger partial charge in [-0.15, -0.1) is 0 Å². The Hall–Kier alpha value is -2.36. The van der Waals surface area contributed by atoms with Gasteiger partial charge in [-0.3, -0.25) is 9.59 Å². The van der Waals surface area contributed by atoms with Crippen LogP contribution < -0.4 is 5.56 Å². The number of piperidine rings is 1. The summed E-state index contributed by atoms with van der Waals surface area (Å²) in [7, 11) is 0. The SMILES string of the molecule is Cc1ccccc1-c1ccc2n(c1=O)CC1CC2CN(C(=O)C2CCCCC2)C1. The standard InChI is InChI=1S/C25H30N2O2/c1-17-7-5-6-10-21(17)22-11-12-23-20-13-18(15-27(23)25(22)29)14-26(16-20)24(28)19-8-3-2-4-9-19/h5-7,10-12,18-20H,2-4,8-9,13-16H2,1H3. The minimum Gasteiger partial charge on any atom is -0.341 e. The predicted octanol–water partition coefficient (Wildman–Crippen LogP) is 4.35. The number of rotatable bonds is 2. The Morgan fingerprint density at radius 3 is 2.52 bits per heavy atom. The van der Waals surface area contributed by atoms with Gasteiger partial charge in [-0.1, -0.05) is 43.5 Å². The summed E-state index contributed by atoms with van der Waals surface area (Å²) in [6, 6.07) is 12.2. The maximum absolute atomic E-state index is 13.3. The number of aromatic nitrogens is 1. The van der Waals surface area contributed by atoms with Crippen molar-refractivity contribution in [3.63, 3.8) is 0 Å². The molecule has 2 aromatic rings. The molecule has 1 aromatic heterocycles. The molecular weight excluding hydrogens is 360 g/mol. The van der Waals surface area contributed by atoms with Crippen molar-refractivity contribution >= 4 is 5.91 Å². The van der Waals surface area contributed by atoms with Gasteiger partial charge in [0.05, 0.1) is 0 Å². The Morgan fingerprint density at radius 1 is 0.931 bits per heavy atom. The van der Waals surface area contributed by atoms with Crippen molar-refractivity contribution in [1.82, 2.24) is 9.47 Å². The molecule has 5 rings (SSSR count). The fraction of sp³-hybridized carbons (Fsp3) is 0.520. The number of carbonyl (C=O) groups excluding carboxylic acids is 1. The van der Waals surface area contributed by atoms with Crippen LogP contribution in [0.5, 0.6) is 0 Å². The molecule has 4 nitrogen and oxygen atoms in total. The average Bonchev–Trinajstić information content (AvgIpc) is 2.75. The molecule has 29 heavy (non-hydrogen) atoms. The predicted molar refractivity (Wildman–Crippen MR) is 115 cm³/mol. The first-order valence-electron chi connectivity index (χ1n) is 11.2. The normalized spacial score (nSPS) is 24.2. The fourth-order valence-corrected chi connectivity index (χ4v) is 5.81. The van der Waals surface area contributed by atoms with Crippen LogP contribution >= 0.6 is 0 Å². The van der Waals surface area contributed by atoms with Crippen molar-refractivity contribution in [1.29, 1.82) is 0 Å². The van der Waals surface area contributed by atoms with Crippen LogP contribution in [0.4, 0.5) is 0 Å². The monoisotopic (exact) mass is 390 g/mol. The molecule has 0 N–H and O–H groups in total. The summed E-state index contributed by atoms with van der Waals surface area (Å²) in [6.07, 6.45) is 6.86. The number of amides is 1. The Kier molecular flexibility index (Phi) is 4.81. The largest absolute Gasteiger partial charge is 0.341 e. The van der Waals surface area contributed by atoms with Crippen LogP contribution in [0.25, 0.3) is 11.1 Å². The van der Waals surface area contributed by atoms with Gasteiger partial charge in [-0.25, -0.2) is 0 Å². The van der Waals surface area contributed by atoms with Crippen LogP contribution in [0.15, 0.2) is 41.2 Å². The summed E-state index contributed by atoms with van der Waals surface area (Å²) in [5, 5.41) is 0. The Balaban J connectivity index is 1.44. The molecule has 3 aliphatic rings. The van der Waals surface area contributed by atoms with Crippen LogP contribution in [0.1, 0.15) is 55.7 Å². The fourth-order valence-electron chi connectivity index (χ4n) is 5.81. The van der Waals surface area contributed by atoms with Gasteiger partial charge in [0.15, 0.2) is 0 Å². The smallest absolute Gasteiger partial charge is 0.258 e. The van der Waals surface area contributed by atoms with Gasteiger partial charge in [0.2, 0.25) is 5.91 Å². The molecule has 2 aliphatic heterocycles. The minimum atomic E-state index is 0.124. The summed E-state index contributed by atoms with van der Waals surface area (Å²) >= 11 is 0. The molecule has 1 aliphatic carbocycles. The second-order valence-corrected chi connectivity index (χ2v) is 9.28. The summed E-state index contributed by atoms with van der Waals surface area (Å²) in [6.45, 7) is 4.38. The molecule has 2 unspecified atom stereocenters. The van der Waals surface area contributed by atoms with E-state index in [0.29, 0.717) is 11.8 Å². The van der Waals surface area contributed by atoms with Gasteiger partial charge in [0.1, 0.15) is 0 Å². The van der Waals surface area contributed by atoms with E-state index in [0.717, 1.165) is 61.3 Å². The summed E-state index contributed by atoms with van der Waals surface area (Å²) in [5.41, 5.74) is 4.19. The molecule has 152 valence electrons. The second kappa shape index (κ2) is 7.47. The quantitative estimate of drug-likeness (QED) is 0.765. The molecule has 2 fully saturated rings. The molecule has 1 amide bonds. The first kappa shape index (κ1) is 18.7. The highest BCUT2D eigenvalue weighted by atomic mass is 16.2. The number of likely N-dealkylation sites (tertiary alicyclic amines) is 1. The van der Waals surface area contributed by atoms with Crippen molar-refractivity contribution < 1.29 is 4.79 Å². The van der Waals surface area contributed by atoms with Crippen molar-refractivity contribution in [2.24, 2.45) is 11.8 Å². The van der Waals surface area contributed by atoms with Crippen LogP contribution in [0, 0.1) is 18.8 Å².